The molecule has 2 aliphatic heterocycles. The zero-order chi connectivity index (χ0) is 24.1. The van der Waals surface area contributed by atoms with Gasteiger partial charge in [-0.15, -0.1) is 11.8 Å². The molecule has 176 valence electrons. The quantitative estimate of drug-likeness (QED) is 0.276. The van der Waals surface area contributed by atoms with Gasteiger partial charge in [0.1, 0.15) is 24.6 Å². The minimum Gasteiger partial charge on any atom is -0.459 e. The zero-order valence-electron chi connectivity index (χ0n) is 18.1. The van der Waals surface area contributed by atoms with Gasteiger partial charge in [0.15, 0.2) is 5.54 Å². The number of amides is 2. The highest BCUT2D eigenvalue weighted by molar-refractivity contribution is 8.02. The van der Waals surface area contributed by atoms with Gasteiger partial charge in [-0.2, -0.15) is 0 Å². The number of rotatable bonds is 7. The van der Waals surface area contributed by atoms with Gasteiger partial charge < -0.3 is 19.7 Å². The Labute approximate surface area is 198 Å². The van der Waals surface area contributed by atoms with Gasteiger partial charge in [0.2, 0.25) is 5.91 Å². The van der Waals surface area contributed by atoms with Gasteiger partial charge >= 0.3 is 12.1 Å². The number of esters is 1. The van der Waals surface area contributed by atoms with Crippen LogP contribution in [0.1, 0.15) is 24.5 Å². The molecule has 1 N–H and O–H groups in total. The Bertz CT molecular complexity index is 1170. The van der Waals surface area contributed by atoms with Crippen LogP contribution < -0.4 is 5.32 Å². The van der Waals surface area contributed by atoms with Crippen LogP contribution in [0.4, 0.5) is 10.5 Å². The lowest BCUT2D eigenvalue weighted by atomic mass is 10.0. The van der Waals surface area contributed by atoms with Crippen molar-refractivity contribution in [3.05, 3.63) is 75.8 Å². The second kappa shape index (κ2) is 8.01. The van der Waals surface area contributed by atoms with Gasteiger partial charge in [-0.1, -0.05) is 30.3 Å². The van der Waals surface area contributed by atoms with Gasteiger partial charge in [0.05, 0.1) is 9.67 Å². The lowest BCUT2D eigenvalue weighted by Crippen LogP contribution is -2.72. The fraction of sp³-hybridized carbons (Fsp3) is 0.348. The third-order valence-electron chi connectivity index (χ3n) is 6.52. The number of hydrogen-bond donors (Lipinski definition) is 1. The normalized spacial score (nSPS) is 28.3. The van der Waals surface area contributed by atoms with Crippen LogP contribution in [0.3, 0.4) is 0 Å². The molecule has 0 radical (unpaired) electrons. The summed E-state index contributed by atoms with van der Waals surface area (Å²) >= 11 is 1.47. The van der Waals surface area contributed by atoms with E-state index in [0.29, 0.717) is 12.0 Å². The first-order valence-corrected chi connectivity index (χ1v) is 11.5. The van der Waals surface area contributed by atoms with Crippen molar-refractivity contribution >= 4 is 35.4 Å². The molecule has 2 aromatic carbocycles. The Morgan fingerprint density at radius 3 is 2.44 bits per heavy atom. The maximum absolute atomic E-state index is 13.0. The smallest absolute Gasteiger partial charge is 0.408 e. The minimum absolute atomic E-state index is 0.0505. The predicted molar refractivity (Wildman–Crippen MR) is 120 cm³/mol. The van der Waals surface area contributed by atoms with Crippen LogP contribution in [-0.2, 0) is 32.3 Å². The average Bonchev–Trinajstić information content (AvgIpc) is 3.37. The third kappa shape index (κ3) is 3.47. The van der Waals surface area contributed by atoms with Crippen LogP contribution in [0.25, 0.3) is 0 Å². The molecular formula is C23H21N3O7S. The Morgan fingerprint density at radius 1 is 1.12 bits per heavy atom. The summed E-state index contributed by atoms with van der Waals surface area (Å²) in [5.41, 5.74) is 0.325. The van der Waals surface area contributed by atoms with E-state index in [2.05, 4.69) is 5.32 Å². The fourth-order valence-corrected chi connectivity index (χ4v) is 6.48. The molecule has 34 heavy (non-hydrogen) atoms. The van der Waals surface area contributed by atoms with Gasteiger partial charge in [0, 0.05) is 18.6 Å². The number of carbonyl (C=O) groups excluding carboxylic acids is 3. The second-order valence-corrected chi connectivity index (χ2v) is 10.3. The summed E-state index contributed by atoms with van der Waals surface area (Å²) in [5.74, 6) is -0.857. The van der Waals surface area contributed by atoms with E-state index in [1.807, 2.05) is 37.3 Å². The van der Waals surface area contributed by atoms with Crippen LogP contribution in [0, 0.1) is 10.1 Å². The van der Waals surface area contributed by atoms with Gasteiger partial charge in [-0.3, -0.25) is 14.9 Å². The monoisotopic (exact) mass is 483 g/mol. The minimum atomic E-state index is -1.06. The van der Waals surface area contributed by atoms with Gasteiger partial charge in [-0.25, -0.2) is 9.59 Å². The number of nitrogens with one attached hydrogen (secondary N) is 1. The fourth-order valence-electron chi connectivity index (χ4n) is 4.57. The van der Waals surface area contributed by atoms with E-state index in [-0.39, 0.29) is 30.2 Å². The molecule has 2 aromatic rings. The predicted octanol–water partition coefficient (Wildman–Crippen LogP) is 2.75. The van der Waals surface area contributed by atoms with Crippen LogP contribution >= 0.6 is 11.8 Å². The molecule has 0 aromatic heterocycles. The number of carbonyl (C=O) groups is 3. The van der Waals surface area contributed by atoms with Crippen LogP contribution in [-0.4, -0.2) is 49.5 Å². The van der Waals surface area contributed by atoms with E-state index in [9.17, 15) is 24.5 Å². The Morgan fingerprint density at radius 2 is 1.76 bits per heavy atom. The average molecular weight is 484 g/mol. The van der Waals surface area contributed by atoms with E-state index in [1.165, 1.54) is 40.9 Å². The number of β-lactam (4-membered cyclic amide) rings is 1. The van der Waals surface area contributed by atoms with Crippen LogP contribution in [0.15, 0.2) is 54.6 Å². The lowest BCUT2D eigenvalue weighted by Gasteiger charge is -2.45. The van der Waals surface area contributed by atoms with Crippen molar-refractivity contribution in [2.75, 3.05) is 0 Å². The SMILES string of the molecule is CC12C[C@]1(C(=O)OCc1ccc([N+](=O)[O-])cc1)N1C(=O)[C@@H](NC(=O)OCc3ccccc3)[C@H]1S2. The number of benzene rings is 2. The molecule has 2 saturated heterocycles. The summed E-state index contributed by atoms with van der Waals surface area (Å²) in [6, 6.07) is 14.2. The second-order valence-electron chi connectivity index (χ2n) is 8.67. The Hall–Kier alpha value is -3.60. The first-order valence-electron chi connectivity index (χ1n) is 10.6. The van der Waals surface area contributed by atoms with Crippen molar-refractivity contribution in [2.24, 2.45) is 0 Å². The van der Waals surface area contributed by atoms with Crippen molar-refractivity contribution in [2.45, 2.75) is 48.3 Å². The molecule has 0 spiro atoms. The maximum Gasteiger partial charge on any atom is 0.408 e. The topological polar surface area (TPSA) is 128 Å². The molecule has 3 fully saturated rings. The standard InChI is InChI=1S/C23H21N3O7S/c1-22-13-23(22,20(28)32-11-15-7-9-16(10-8-15)26(30)31)25-18(27)17(19(25)34-22)24-21(29)33-12-14-5-3-2-4-6-14/h2-10,17,19H,11-13H2,1H3,(H,24,29)/t17-,19-,22?,23-/m1/s1. The summed E-state index contributed by atoms with van der Waals surface area (Å²) in [6.45, 7) is 1.94. The summed E-state index contributed by atoms with van der Waals surface area (Å²) in [6.07, 6.45) is -0.222. The number of non-ortho nitro benzene ring substituents is 1. The lowest BCUT2D eigenvalue weighted by molar-refractivity contribution is -0.384. The molecule has 4 atom stereocenters. The zero-order valence-corrected chi connectivity index (χ0v) is 18.9. The number of nitro groups is 1. The third-order valence-corrected chi connectivity index (χ3v) is 8.25. The molecule has 1 unspecified atom stereocenters. The van der Waals surface area contributed by atoms with E-state index in [0.717, 1.165) is 5.56 Å². The summed E-state index contributed by atoms with van der Waals surface area (Å²) in [5, 5.41) is 13.0. The van der Waals surface area contributed by atoms with Crippen molar-refractivity contribution in [1.82, 2.24) is 10.2 Å². The molecule has 2 heterocycles. The van der Waals surface area contributed by atoms with E-state index < -0.39 is 33.3 Å². The van der Waals surface area contributed by atoms with Crippen molar-refractivity contribution in [3.63, 3.8) is 0 Å². The molecule has 0 bridgehead atoms. The van der Waals surface area contributed by atoms with Crippen molar-refractivity contribution in [1.29, 1.82) is 0 Å². The maximum atomic E-state index is 13.0. The highest BCUT2D eigenvalue weighted by atomic mass is 32.2. The summed E-state index contributed by atoms with van der Waals surface area (Å²) < 4.78 is 10.2. The number of nitrogens with zero attached hydrogens (tertiary/aromatic N) is 2. The first kappa shape index (κ1) is 22.2. The number of thioether (sulfide) groups is 1. The molecule has 3 aliphatic rings. The molecule has 11 heteroatoms. The summed E-state index contributed by atoms with van der Waals surface area (Å²) in [7, 11) is 0. The van der Waals surface area contributed by atoms with Crippen LogP contribution in [0.2, 0.25) is 0 Å². The van der Waals surface area contributed by atoms with Crippen LogP contribution in [0.5, 0.6) is 0 Å². The summed E-state index contributed by atoms with van der Waals surface area (Å²) in [4.78, 5) is 49.9. The number of hydrogen-bond acceptors (Lipinski definition) is 8. The highest BCUT2D eigenvalue weighted by Gasteiger charge is 2.85. The van der Waals surface area contributed by atoms with Gasteiger partial charge in [0.25, 0.3) is 5.69 Å². The first-order chi connectivity index (χ1) is 16.2. The molecule has 10 nitrogen and oxygen atoms in total. The Kier molecular flexibility index (Phi) is 5.23. The molecular weight excluding hydrogens is 462 g/mol. The number of fused-ring (bicyclic) bond motifs is 3. The largest absolute Gasteiger partial charge is 0.459 e. The Balaban J connectivity index is 1.18. The van der Waals surface area contributed by atoms with E-state index in [1.54, 1.807) is 0 Å². The van der Waals surface area contributed by atoms with Crippen molar-refractivity contribution in [3.8, 4) is 0 Å². The van der Waals surface area contributed by atoms with E-state index in [4.69, 9.17) is 9.47 Å². The number of nitro benzene ring substituents is 1. The van der Waals surface area contributed by atoms with Gasteiger partial charge in [-0.05, 0) is 30.2 Å². The number of ether oxygens (including phenoxy) is 2. The molecule has 1 aliphatic carbocycles. The van der Waals surface area contributed by atoms with E-state index >= 15 is 0 Å². The molecule has 1 saturated carbocycles. The van der Waals surface area contributed by atoms with Crippen molar-refractivity contribution < 1.29 is 28.8 Å². The molecule has 5 rings (SSSR count). The highest BCUT2D eigenvalue weighted by Crippen LogP contribution is 2.72. The molecule has 2 amide bonds. The number of alkyl carbamates (subject to hydrolysis) is 1.